The summed E-state index contributed by atoms with van der Waals surface area (Å²) in [5.41, 5.74) is 0. The lowest BCUT2D eigenvalue weighted by Crippen LogP contribution is -2.45. The molecule has 0 aromatic heterocycles. The molecule has 0 aromatic rings. The number of hydrogen-bond donors (Lipinski definition) is 0. The summed E-state index contributed by atoms with van der Waals surface area (Å²) < 4.78 is 6.22. The Morgan fingerprint density at radius 3 is 1.54 bits per heavy atom. The van der Waals surface area contributed by atoms with E-state index in [0.717, 1.165) is 12.1 Å². The van der Waals surface area contributed by atoms with Gasteiger partial charge in [0.05, 0.1) is 0 Å². The van der Waals surface area contributed by atoms with Crippen molar-refractivity contribution in [3.05, 3.63) is 0 Å². The Labute approximate surface area is 94.0 Å². The van der Waals surface area contributed by atoms with Gasteiger partial charge in [-0.3, -0.25) is 0 Å². The first-order valence-corrected chi connectivity index (χ1v) is 11.9. The van der Waals surface area contributed by atoms with E-state index in [1.807, 2.05) is 0 Å². The molecule has 0 heterocycles. The van der Waals surface area contributed by atoms with Crippen molar-refractivity contribution in [1.82, 2.24) is 0 Å². The number of rotatable bonds is 6. The predicted molar refractivity (Wildman–Crippen MR) is 67.1 cm³/mol. The van der Waals surface area contributed by atoms with Crippen LogP contribution in [0.1, 0.15) is 0 Å². The Kier molecular flexibility index (Phi) is 6.19. The van der Waals surface area contributed by atoms with E-state index in [1.54, 1.807) is 0 Å². The molecule has 0 saturated carbocycles. The number of hydrogen-bond acceptors (Lipinski definition) is 1. The summed E-state index contributed by atoms with van der Waals surface area (Å²) in [4.78, 5) is 0. The van der Waals surface area contributed by atoms with Crippen LogP contribution in [0.15, 0.2) is 0 Å². The molecule has 0 spiro atoms. The Morgan fingerprint density at radius 1 is 0.923 bits per heavy atom. The summed E-state index contributed by atoms with van der Waals surface area (Å²) in [5.74, 6) is 1.40. The maximum absolute atomic E-state index is 6.22. The molecule has 0 unspecified atom stereocenters. The second-order valence-electron chi connectivity index (χ2n) is 4.54. The smallest absolute Gasteiger partial charge is 0.178 e. The van der Waals surface area contributed by atoms with E-state index >= 15 is 0 Å². The lowest BCUT2D eigenvalue weighted by Gasteiger charge is -2.33. The highest BCUT2D eigenvalue weighted by Crippen LogP contribution is 2.23. The summed E-state index contributed by atoms with van der Waals surface area (Å²) in [6.45, 7) is 8.91. The highest BCUT2D eigenvalue weighted by Gasteiger charge is 2.32. The van der Waals surface area contributed by atoms with E-state index < -0.39 is 16.6 Å². The maximum atomic E-state index is 6.22. The van der Waals surface area contributed by atoms with Crippen molar-refractivity contribution < 1.29 is 4.12 Å². The molecular weight excluding hydrogens is 239 g/mol. The lowest BCUT2D eigenvalue weighted by molar-refractivity contribution is 0.542. The summed E-state index contributed by atoms with van der Waals surface area (Å²) in [6, 6.07) is 2.04. The van der Waals surface area contributed by atoms with Crippen LogP contribution >= 0.6 is 23.2 Å². The van der Waals surface area contributed by atoms with Crippen LogP contribution in [-0.2, 0) is 4.12 Å². The average molecular weight is 259 g/mol. The second kappa shape index (κ2) is 5.76. The van der Waals surface area contributed by atoms with Gasteiger partial charge in [-0.15, -0.1) is 23.2 Å². The van der Waals surface area contributed by atoms with Crippen LogP contribution in [0, 0.1) is 0 Å². The summed E-state index contributed by atoms with van der Waals surface area (Å²) >= 11 is 11.6. The van der Waals surface area contributed by atoms with Crippen molar-refractivity contribution in [3.63, 3.8) is 0 Å². The minimum absolute atomic E-state index is 0.699. The molecule has 0 aliphatic carbocycles. The summed E-state index contributed by atoms with van der Waals surface area (Å²) in [6.07, 6.45) is 0. The fourth-order valence-electron chi connectivity index (χ4n) is 1.37. The first-order valence-electron chi connectivity index (χ1n) is 4.65. The van der Waals surface area contributed by atoms with Gasteiger partial charge < -0.3 is 4.12 Å². The quantitative estimate of drug-likeness (QED) is 0.519. The van der Waals surface area contributed by atoms with Crippen molar-refractivity contribution in [2.75, 3.05) is 11.8 Å². The molecule has 13 heavy (non-hydrogen) atoms. The van der Waals surface area contributed by atoms with Crippen LogP contribution in [0.5, 0.6) is 0 Å². The van der Waals surface area contributed by atoms with E-state index in [-0.39, 0.29) is 0 Å². The second-order valence-corrected chi connectivity index (χ2v) is 14.2. The Hall–Kier alpha value is 0.974. The van der Waals surface area contributed by atoms with Crippen LogP contribution in [-0.4, -0.2) is 28.4 Å². The van der Waals surface area contributed by atoms with Gasteiger partial charge in [0.2, 0.25) is 0 Å². The molecule has 0 N–H and O–H groups in total. The third-order valence-electron chi connectivity index (χ3n) is 1.80. The normalized spacial score (nSPS) is 13.4. The number of halogens is 2. The third-order valence-corrected chi connectivity index (χ3v) is 9.85. The molecule has 5 heteroatoms. The fourth-order valence-corrected chi connectivity index (χ4v) is 11.5. The first-order chi connectivity index (χ1) is 5.83. The standard InChI is InChI=1S/C8H20Cl2OSi2/c1-12(2,3)11-13(4,7-5-9)8-6-10/h5-8H2,1-4H3. The molecule has 0 amide bonds. The van der Waals surface area contributed by atoms with E-state index in [9.17, 15) is 0 Å². The average Bonchev–Trinajstić information content (AvgIpc) is 1.82. The Morgan fingerprint density at radius 2 is 1.31 bits per heavy atom. The summed E-state index contributed by atoms with van der Waals surface area (Å²) in [7, 11) is -3.01. The molecule has 0 aromatic carbocycles. The van der Waals surface area contributed by atoms with E-state index in [2.05, 4.69) is 26.2 Å². The van der Waals surface area contributed by atoms with E-state index in [4.69, 9.17) is 27.3 Å². The highest BCUT2D eigenvalue weighted by atomic mass is 35.5. The minimum atomic E-state index is -1.59. The molecule has 0 fully saturated rings. The molecule has 0 aliphatic heterocycles. The van der Waals surface area contributed by atoms with Crippen molar-refractivity contribution in [3.8, 4) is 0 Å². The molecule has 0 atom stereocenters. The Bertz CT molecular complexity index is 142. The topological polar surface area (TPSA) is 9.23 Å². The number of alkyl halides is 2. The first kappa shape index (κ1) is 14.0. The monoisotopic (exact) mass is 258 g/mol. The lowest BCUT2D eigenvalue weighted by atomic mass is 10.9. The van der Waals surface area contributed by atoms with Gasteiger partial charge in [0.1, 0.15) is 0 Å². The van der Waals surface area contributed by atoms with Gasteiger partial charge in [0, 0.05) is 11.8 Å². The predicted octanol–water partition coefficient (Wildman–Crippen LogP) is 3.89. The molecule has 0 aliphatic rings. The molecule has 80 valence electrons. The fraction of sp³-hybridized carbons (Fsp3) is 1.00. The van der Waals surface area contributed by atoms with Crippen LogP contribution in [0.25, 0.3) is 0 Å². The minimum Gasteiger partial charge on any atom is -0.455 e. The zero-order chi connectivity index (χ0) is 10.5. The molecule has 0 radical (unpaired) electrons. The van der Waals surface area contributed by atoms with Crippen molar-refractivity contribution >= 4 is 39.8 Å². The molecule has 0 bridgehead atoms. The van der Waals surface area contributed by atoms with Crippen LogP contribution in [0.2, 0.25) is 38.3 Å². The van der Waals surface area contributed by atoms with Crippen molar-refractivity contribution in [2.45, 2.75) is 38.3 Å². The SMILES string of the molecule is C[Si](C)(C)O[Si](C)(CCCl)CCCl. The van der Waals surface area contributed by atoms with Crippen LogP contribution in [0.4, 0.5) is 0 Å². The van der Waals surface area contributed by atoms with Gasteiger partial charge in [-0.25, -0.2) is 0 Å². The molecular formula is C8H20Cl2OSi2. The third kappa shape index (κ3) is 6.97. The molecule has 0 saturated heterocycles. The largest absolute Gasteiger partial charge is 0.455 e. The molecule has 0 rings (SSSR count). The maximum Gasteiger partial charge on any atom is 0.178 e. The van der Waals surface area contributed by atoms with Gasteiger partial charge in [0.25, 0.3) is 0 Å². The van der Waals surface area contributed by atoms with Crippen molar-refractivity contribution in [2.24, 2.45) is 0 Å². The van der Waals surface area contributed by atoms with E-state index in [1.165, 1.54) is 0 Å². The van der Waals surface area contributed by atoms with Gasteiger partial charge in [0.15, 0.2) is 16.6 Å². The van der Waals surface area contributed by atoms with Gasteiger partial charge >= 0.3 is 0 Å². The van der Waals surface area contributed by atoms with Crippen molar-refractivity contribution in [1.29, 1.82) is 0 Å². The van der Waals surface area contributed by atoms with Gasteiger partial charge in [-0.2, -0.15) is 0 Å². The van der Waals surface area contributed by atoms with Gasteiger partial charge in [-0.05, 0) is 38.3 Å². The Balaban J connectivity index is 4.22. The van der Waals surface area contributed by atoms with E-state index in [0.29, 0.717) is 11.8 Å². The summed E-state index contributed by atoms with van der Waals surface area (Å²) in [5, 5.41) is 0. The molecule has 1 nitrogen and oxygen atoms in total. The zero-order valence-corrected chi connectivity index (χ0v) is 12.5. The van der Waals surface area contributed by atoms with Gasteiger partial charge in [-0.1, -0.05) is 0 Å². The highest BCUT2D eigenvalue weighted by molar-refractivity contribution is 6.85. The van der Waals surface area contributed by atoms with Crippen LogP contribution < -0.4 is 0 Å². The van der Waals surface area contributed by atoms with Crippen LogP contribution in [0.3, 0.4) is 0 Å². The zero-order valence-electron chi connectivity index (χ0n) is 8.99.